The number of hydrogen-bond acceptors (Lipinski definition) is 3. The highest BCUT2D eigenvalue weighted by atomic mass is 32.2. The van der Waals surface area contributed by atoms with Gasteiger partial charge in [0, 0.05) is 31.7 Å². The van der Waals surface area contributed by atoms with E-state index < -0.39 is 10.2 Å². The highest BCUT2D eigenvalue weighted by Crippen LogP contribution is 2.30. The van der Waals surface area contributed by atoms with E-state index in [1.54, 1.807) is 4.31 Å². The first-order valence-corrected chi connectivity index (χ1v) is 7.80. The Morgan fingerprint density at radius 3 is 2.06 bits per heavy atom. The van der Waals surface area contributed by atoms with Gasteiger partial charge in [-0.2, -0.15) is 17.0 Å². The Bertz CT molecular complexity index is 368. The summed E-state index contributed by atoms with van der Waals surface area (Å²) in [6.07, 6.45) is 3.09. The zero-order valence-corrected chi connectivity index (χ0v) is 11.5. The first-order valence-electron chi connectivity index (χ1n) is 6.40. The molecule has 0 saturated carbocycles. The first-order chi connectivity index (χ1) is 7.86. The number of nitrogens with two attached hydrogens (primary N) is 1. The lowest BCUT2D eigenvalue weighted by atomic mass is 9.82. The van der Waals surface area contributed by atoms with Crippen LogP contribution >= 0.6 is 0 Å². The molecule has 5 nitrogen and oxygen atoms in total. The van der Waals surface area contributed by atoms with Crippen LogP contribution in [0.15, 0.2) is 0 Å². The Kier molecular flexibility index (Phi) is 3.51. The van der Waals surface area contributed by atoms with Crippen LogP contribution in [0.2, 0.25) is 0 Å². The summed E-state index contributed by atoms with van der Waals surface area (Å²) in [7, 11) is -3.24. The van der Waals surface area contributed by atoms with Crippen molar-refractivity contribution in [3.8, 4) is 0 Å². The van der Waals surface area contributed by atoms with Gasteiger partial charge in [-0.15, -0.1) is 0 Å². The van der Waals surface area contributed by atoms with Crippen molar-refractivity contribution < 1.29 is 8.42 Å². The summed E-state index contributed by atoms with van der Waals surface area (Å²) < 4.78 is 27.7. The molecular formula is C11H23N3O2S. The fourth-order valence-electron chi connectivity index (χ4n) is 2.40. The molecule has 100 valence electrons. The summed E-state index contributed by atoms with van der Waals surface area (Å²) in [5, 5.41) is 0. The molecule has 6 heteroatoms. The van der Waals surface area contributed by atoms with Gasteiger partial charge >= 0.3 is 0 Å². The van der Waals surface area contributed by atoms with E-state index in [1.165, 1.54) is 4.31 Å². The van der Waals surface area contributed by atoms with Gasteiger partial charge in [0.2, 0.25) is 0 Å². The van der Waals surface area contributed by atoms with E-state index in [2.05, 4.69) is 0 Å². The van der Waals surface area contributed by atoms with Crippen LogP contribution in [0.1, 0.15) is 33.1 Å². The van der Waals surface area contributed by atoms with Crippen LogP contribution in [0.3, 0.4) is 0 Å². The quantitative estimate of drug-likeness (QED) is 0.799. The Morgan fingerprint density at radius 1 is 1.06 bits per heavy atom. The summed E-state index contributed by atoms with van der Waals surface area (Å²) in [6, 6.07) is 0. The van der Waals surface area contributed by atoms with Gasteiger partial charge in [0.1, 0.15) is 0 Å². The van der Waals surface area contributed by atoms with Gasteiger partial charge in [-0.1, -0.05) is 20.3 Å². The second kappa shape index (κ2) is 4.50. The molecule has 0 aromatic carbocycles. The maximum Gasteiger partial charge on any atom is 0.282 e. The predicted octanol–water partition coefficient (Wildman–Crippen LogP) is 0.386. The third kappa shape index (κ3) is 2.36. The molecule has 2 rings (SSSR count). The van der Waals surface area contributed by atoms with Crippen molar-refractivity contribution in [2.45, 2.75) is 38.6 Å². The molecule has 17 heavy (non-hydrogen) atoms. The van der Waals surface area contributed by atoms with Crippen LogP contribution in [0.5, 0.6) is 0 Å². The van der Waals surface area contributed by atoms with Crippen LogP contribution < -0.4 is 5.73 Å². The van der Waals surface area contributed by atoms with Gasteiger partial charge in [0.25, 0.3) is 10.2 Å². The molecule has 2 fully saturated rings. The second-order valence-electron chi connectivity index (χ2n) is 5.62. The zero-order valence-electron chi connectivity index (χ0n) is 10.7. The number of rotatable bonds is 3. The summed E-state index contributed by atoms with van der Waals surface area (Å²) in [5.74, 6) is 0.315. The maximum atomic E-state index is 12.3. The molecule has 2 aliphatic heterocycles. The first kappa shape index (κ1) is 13.3. The molecule has 2 heterocycles. The van der Waals surface area contributed by atoms with Crippen molar-refractivity contribution in [3.05, 3.63) is 0 Å². The smallest absolute Gasteiger partial charge is 0.282 e. The van der Waals surface area contributed by atoms with Crippen molar-refractivity contribution in [3.63, 3.8) is 0 Å². The molecule has 0 radical (unpaired) electrons. The number of piperidine rings is 1. The van der Waals surface area contributed by atoms with Gasteiger partial charge in [0.15, 0.2) is 0 Å². The lowest BCUT2D eigenvalue weighted by Crippen LogP contribution is -2.72. The van der Waals surface area contributed by atoms with E-state index in [1.807, 2.05) is 13.8 Å². The summed E-state index contributed by atoms with van der Waals surface area (Å²) in [4.78, 5) is 0. The molecule has 0 bridgehead atoms. The average Bonchev–Trinajstić information content (AvgIpc) is 2.25. The van der Waals surface area contributed by atoms with Crippen molar-refractivity contribution >= 4 is 10.2 Å². The molecule has 0 aliphatic carbocycles. The molecule has 0 amide bonds. The van der Waals surface area contributed by atoms with Gasteiger partial charge < -0.3 is 5.73 Å². The van der Waals surface area contributed by atoms with E-state index in [4.69, 9.17) is 5.73 Å². The summed E-state index contributed by atoms with van der Waals surface area (Å²) >= 11 is 0. The van der Waals surface area contributed by atoms with Crippen molar-refractivity contribution in [1.82, 2.24) is 8.61 Å². The Morgan fingerprint density at radius 2 is 1.59 bits per heavy atom. The summed E-state index contributed by atoms with van der Waals surface area (Å²) in [6.45, 7) is 6.35. The molecule has 2 aliphatic rings. The molecule has 0 aromatic rings. The maximum absolute atomic E-state index is 12.3. The highest BCUT2D eigenvalue weighted by Gasteiger charge is 2.48. The molecule has 2 N–H and O–H groups in total. The average molecular weight is 261 g/mol. The van der Waals surface area contributed by atoms with Crippen molar-refractivity contribution in [1.29, 1.82) is 0 Å². The zero-order chi connectivity index (χ0) is 12.7. The summed E-state index contributed by atoms with van der Waals surface area (Å²) in [5.41, 5.74) is 5.81. The van der Waals surface area contributed by atoms with E-state index in [9.17, 15) is 8.42 Å². The fraction of sp³-hybridized carbons (Fsp3) is 1.00. The Balaban J connectivity index is 1.99. The number of hydrogen-bond donors (Lipinski definition) is 1. The minimum absolute atomic E-state index is 0.315. The molecule has 0 aromatic heterocycles. The topological polar surface area (TPSA) is 66.6 Å². The van der Waals surface area contributed by atoms with E-state index >= 15 is 0 Å². The molecule has 0 atom stereocenters. The lowest BCUT2D eigenvalue weighted by Gasteiger charge is -2.50. The monoisotopic (exact) mass is 261 g/mol. The highest BCUT2D eigenvalue weighted by molar-refractivity contribution is 7.86. The largest absolute Gasteiger partial charge is 0.323 e. The lowest BCUT2D eigenvalue weighted by molar-refractivity contribution is 0.102. The van der Waals surface area contributed by atoms with E-state index in [0.29, 0.717) is 32.1 Å². The van der Waals surface area contributed by atoms with Crippen LogP contribution in [0.25, 0.3) is 0 Å². The fourth-order valence-corrected chi connectivity index (χ4v) is 4.25. The normalized spacial score (nSPS) is 27.1. The Labute approximate surface area is 104 Å². The third-order valence-corrected chi connectivity index (χ3v) is 5.99. The Hall–Kier alpha value is -0.170. The predicted molar refractivity (Wildman–Crippen MR) is 67.7 cm³/mol. The van der Waals surface area contributed by atoms with Crippen molar-refractivity contribution in [2.75, 3.05) is 26.2 Å². The minimum Gasteiger partial charge on any atom is -0.323 e. The van der Waals surface area contributed by atoms with Crippen LogP contribution in [0.4, 0.5) is 0 Å². The van der Waals surface area contributed by atoms with Gasteiger partial charge in [-0.05, 0) is 18.8 Å². The SMILES string of the molecule is CC(C)C1(N)CN(S(=O)(=O)N2CCCCC2)C1. The van der Waals surface area contributed by atoms with E-state index in [-0.39, 0.29) is 5.54 Å². The minimum atomic E-state index is -3.24. The van der Waals surface area contributed by atoms with Crippen LogP contribution in [-0.4, -0.2) is 48.7 Å². The third-order valence-electron chi connectivity index (χ3n) is 4.06. The van der Waals surface area contributed by atoms with Crippen LogP contribution in [-0.2, 0) is 10.2 Å². The van der Waals surface area contributed by atoms with Gasteiger partial charge in [-0.3, -0.25) is 0 Å². The molecule has 2 saturated heterocycles. The standard InChI is InChI=1S/C11H23N3O2S/c1-10(2)11(12)8-14(9-11)17(15,16)13-6-4-3-5-7-13/h10H,3-9,12H2,1-2H3. The van der Waals surface area contributed by atoms with Crippen molar-refractivity contribution in [2.24, 2.45) is 11.7 Å². The molecule has 0 unspecified atom stereocenters. The second-order valence-corrected chi connectivity index (χ2v) is 7.55. The van der Waals surface area contributed by atoms with Crippen LogP contribution in [0, 0.1) is 5.92 Å². The van der Waals surface area contributed by atoms with E-state index in [0.717, 1.165) is 19.3 Å². The molecular weight excluding hydrogens is 238 g/mol. The molecule has 0 spiro atoms. The van der Waals surface area contributed by atoms with Gasteiger partial charge in [0.05, 0.1) is 0 Å². The van der Waals surface area contributed by atoms with Gasteiger partial charge in [-0.25, -0.2) is 0 Å². The number of nitrogens with zero attached hydrogens (tertiary/aromatic N) is 2.